The third-order valence-corrected chi connectivity index (χ3v) is 4.04. The molecule has 2 aromatic carbocycles. The Morgan fingerprint density at radius 1 is 1.12 bits per heavy atom. The Morgan fingerprint density at radius 2 is 1.83 bits per heavy atom. The van der Waals surface area contributed by atoms with Crippen LogP contribution in [0, 0.1) is 5.82 Å². The van der Waals surface area contributed by atoms with Crippen molar-refractivity contribution in [2.75, 3.05) is 13.2 Å². The molecule has 2 aromatic rings. The van der Waals surface area contributed by atoms with Crippen LogP contribution in [0.2, 0.25) is 0 Å². The molecule has 1 heterocycles. The molecular weight excluding hydrogens is 327 g/mol. The minimum absolute atomic E-state index is 0.0223. The molecule has 0 amide bonds. The van der Waals surface area contributed by atoms with Crippen LogP contribution in [0.15, 0.2) is 42.5 Å². The van der Waals surface area contributed by atoms with E-state index in [1.165, 1.54) is 12.1 Å². The molecule has 24 heavy (non-hydrogen) atoms. The lowest BCUT2D eigenvalue weighted by molar-refractivity contribution is 0.171. The number of thiocarbonyl (C=S) groups is 1. The third kappa shape index (κ3) is 4.14. The van der Waals surface area contributed by atoms with Gasteiger partial charge in [0.25, 0.3) is 0 Å². The highest BCUT2D eigenvalue weighted by Gasteiger charge is 2.14. The summed E-state index contributed by atoms with van der Waals surface area (Å²) in [6.45, 7) is 3.71. The van der Waals surface area contributed by atoms with Crippen molar-refractivity contribution >= 4 is 17.3 Å². The van der Waals surface area contributed by atoms with Crippen LogP contribution in [0.1, 0.15) is 24.1 Å². The van der Waals surface area contributed by atoms with Crippen molar-refractivity contribution in [1.82, 2.24) is 10.6 Å². The van der Waals surface area contributed by atoms with Crippen LogP contribution in [0.5, 0.6) is 11.5 Å². The summed E-state index contributed by atoms with van der Waals surface area (Å²) in [5.74, 6) is 1.29. The number of halogens is 1. The quantitative estimate of drug-likeness (QED) is 0.832. The Morgan fingerprint density at radius 3 is 2.58 bits per heavy atom. The molecule has 0 saturated heterocycles. The lowest BCUT2D eigenvalue weighted by Crippen LogP contribution is -2.36. The fourth-order valence-corrected chi connectivity index (χ4v) is 2.69. The van der Waals surface area contributed by atoms with Crippen molar-refractivity contribution in [2.45, 2.75) is 19.5 Å². The molecule has 0 radical (unpaired) electrons. The smallest absolute Gasteiger partial charge is 0.167 e. The second-order valence-corrected chi connectivity index (χ2v) is 5.99. The van der Waals surface area contributed by atoms with Gasteiger partial charge in [0.05, 0.1) is 6.04 Å². The SMILES string of the molecule is C[C@H](NC(=S)NCc1ccc(F)cc1)c1ccc2c(c1)OCCO2. The minimum atomic E-state index is -0.244. The van der Waals surface area contributed by atoms with Gasteiger partial charge in [-0.3, -0.25) is 0 Å². The molecule has 0 spiro atoms. The van der Waals surface area contributed by atoms with E-state index in [4.69, 9.17) is 21.7 Å². The van der Waals surface area contributed by atoms with Gasteiger partial charge in [-0.25, -0.2) is 4.39 Å². The first-order chi connectivity index (χ1) is 11.6. The monoisotopic (exact) mass is 346 g/mol. The number of ether oxygens (including phenoxy) is 2. The number of benzene rings is 2. The van der Waals surface area contributed by atoms with Crippen molar-refractivity contribution in [2.24, 2.45) is 0 Å². The van der Waals surface area contributed by atoms with Crippen LogP contribution in [-0.4, -0.2) is 18.3 Å². The van der Waals surface area contributed by atoms with Gasteiger partial charge in [-0.2, -0.15) is 0 Å². The molecule has 2 N–H and O–H groups in total. The van der Waals surface area contributed by atoms with Crippen LogP contribution < -0.4 is 20.1 Å². The number of hydrogen-bond donors (Lipinski definition) is 2. The summed E-state index contributed by atoms with van der Waals surface area (Å²) in [7, 11) is 0. The van der Waals surface area contributed by atoms with Gasteiger partial charge in [-0.05, 0) is 54.5 Å². The zero-order chi connectivity index (χ0) is 16.9. The second-order valence-electron chi connectivity index (χ2n) is 5.58. The van der Waals surface area contributed by atoms with Gasteiger partial charge in [0.15, 0.2) is 16.6 Å². The summed E-state index contributed by atoms with van der Waals surface area (Å²) in [6, 6.07) is 12.2. The third-order valence-electron chi connectivity index (χ3n) is 3.78. The second kappa shape index (κ2) is 7.49. The first-order valence-electron chi connectivity index (χ1n) is 7.80. The predicted molar refractivity (Wildman–Crippen MR) is 94.8 cm³/mol. The Hall–Kier alpha value is -2.34. The van der Waals surface area contributed by atoms with Gasteiger partial charge in [0, 0.05) is 6.54 Å². The molecule has 1 aliphatic rings. The van der Waals surface area contributed by atoms with E-state index in [1.54, 1.807) is 12.1 Å². The van der Waals surface area contributed by atoms with E-state index < -0.39 is 0 Å². The van der Waals surface area contributed by atoms with Crippen LogP contribution in [0.3, 0.4) is 0 Å². The van der Waals surface area contributed by atoms with Crippen molar-refractivity contribution in [3.05, 3.63) is 59.4 Å². The highest BCUT2D eigenvalue weighted by atomic mass is 32.1. The fraction of sp³-hybridized carbons (Fsp3) is 0.278. The summed E-state index contributed by atoms with van der Waals surface area (Å²) < 4.78 is 24.0. The highest BCUT2D eigenvalue weighted by molar-refractivity contribution is 7.80. The molecule has 0 bridgehead atoms. The van der Waals surface area contributed by atoms with Crippen molar-refractivity contribution in [3.63, 3.8) is 0 Å². The zero-order valence-corrected chi connectivity index (χ0v) is 14.2. The molecule has 0 fully saturated rings. The van der Waals surface area contributed by atoms with E-state index in [1.807, 2.05) is 25.1 Å². The van der Waals surface area contributed by atoms with Crippen LogP contribution in [-0.2, 0) is 6.54 Å². The molecule has 0 saturated carbocycles. The molecule has 0 aromatic heterocycles. The molecule has 3 rings (SSSR count). The van der Waals surface area contributed by atoms with Gasteiger partial charge in [0.2, 0.25) is 0 Å². The van der Waals surface area contributed by atoms with Gasteiger partial charge in [0.1, 0.15) is 19.0 Å². The number of rotatable bonds is 4. The molecular formula is C18H19FN2O2S. The minimum Gasteiger partial charge on any atom is -0.486 e. The maximum Gasteiger partial charge on any atom is 0.167 e. The maximum absolute atomic E-state index is 12.9. The van der Waals surface area contributed by atoms with Crippen molar-refractivity contribution in [3.8, 4) is 11.5 Å². The topological polar surface area (TPSA) is 42.5 Å². The predicted octanol–water partition coefficient (Wildman–Crippen LogP) is 3.32. The molecule has 0 aliphatic carbocycles. The first kappa shape index (κ1) is 16.5. The van der Waals surface area contributed by atoms with E-state index in [9.17, 15) is 4.39 Å². The summed E-state index contributed by atoms with van der Waals surface area (Å²) in [5, 5.41) is 6.90. The molecule has 1 aliphatic heterocycles. The molecule has 4 nitrogen and oxygen atoms in total. The summed E-state index contributed by atoms with van der Waals surface area (Å²) in [4.78, 5) is 0. The summed E-state index contributed by atoms with van der Waals surface area (Å²) >= 11 is 5.32. The Kier molecular flexibility index (Phi) is 5.15. The molecule has 6 heteroatoms. The first-order valence-corrected chi connectivity index (χ1v) is 8.21. The van der Waals surface area contributed by atoms with Crippen LogP contribution in [0.25, 0.3) is 0 Å². The Bertz CT molecular complexity index is 721. The summed E-state index contributed by atoms with van der Waals surface area (Å²) in [6.07, 6.45) is 0. The number of fused-ring (bicyclic) bond motifs is 1. The maximum atomic E-state index is 12.9. The average Bonchev–Trinajstić information content (AvgIpc) is 2.61. The van der Waals surface area contributed by atoms with E-state index in [2.05, 4.69) is 10.6 Å². The van der Waals surface area contributed by atoms with Gasteiger partial charge in [-0.1, -0.05) is 18.2 Å². The number of hydrogen-bond acceptors (Lipinski definition) is 3. The van der Waals surface area contributed by atoms with Crippen LogP contribution >= 0.6 is 12.2 Å². The molecule has 0 unspecified atom stereocenters. The normalized spacial score (nSPS) is 13.9. The van der Waals surface area contributed by atoms with Gasteiger partial charge in [-0.15, -0.1) is 0 Å². The van der Waals surface area contributed by atoms with Crippen molar-refractivity contribution < 1.29 is 13.9 Å². The molecule has 126 valence electrons. The fourth-order valence-electron chi connectivity index (χ4n) is 2.44. The van der Waals surface area contributed by atoms with E-state index in [0.29, 0.717) is 24.9 Å². The standard InChI is InChI=1S/C18H19FN2O2S/c1-12(14-4-7-16-17(10-14)23-9-8-22-16)21-18(24)20-11-13-2-5-15(19)6-3-13/h2-7,10,12H,8-9,11H2,1H3,(H2,20,21,24)/t12-/m0/s1. The largest absolute Gasteiger partial charge is 0.486 e. The lowest BCUT2D eigenvalue weighted by atomic mass is 10.1. The van der Waals surface area contributed by atoms with Gasteiger partial charge < -0.3 is 20.1 Å². The zero-order valence-electron chi connectivity index (χ0n) is 13.3. The van der Waals surface area contributed by atoms with Crippen molar-refractivity contribution in [1.29, 1.82) is 0 Å². The summed E-state index contributed by atoms with van der Waals surface area (Å²) in [5.41, 5.74) is 2.03. The van der Waals surface area contributed by atoms with Gasteiger partial charge >= 0.3 is 0 Å². The van der Waals surface area contributed by atoms with E-state index in [-0.39, 0.29) is 11.9 Å². The Balaban J connectivity index is 1.55. The van der Waals surface area contributed by atoms with E-state index in [0.717, 1.165) is 22.6 Å². The molecule has 1 atom stereocenters. The van der Waals surface area contributed by atoms with Crippen LogP contribution in [0.4, 0.5) is 4.39 Å². The van der Waals surface area contributed by atoms with E-state index >= 15 is 0 Å². The highest BCUT2D eigenvalue weighted by Crippen LogP contribution is 2.32. The lowest BCUT2D eigenvalue weighted by Gasteiger charge is -2.22. The number of nitrogens with one attached hydrogen (secondary N) is 2. The Labute approximate surface area is 146 Å². The average molecular weight is 346 g/mol.